The van der Waals surface area contributed by atoms with Gasteiger partial charge in [-0.2, -0.15) is 0 Å². The molecule has 0 aromatic heterocycles. The third kappa shape index (κ3) is 5.13. The number of hydrogen-bond acceptors (Lipinski definition) is 6. The Morgan fingerprint density at radius 1 is 0.923 bits per heavy atom. The minimum atomic E-state index is -0.388. The summed E-state index contributed by atoms with van der Waals surface area (Å²) < 4.78 is 16.9. The molecule has 1 aliphatic carbocycles. The number of para-hydroxylation sites is 1. The summed E-state index contributed by atoms with van der Waals surface area (Å²) in [7, 11) is 0. The number of nitrogen functional groups attached to an aromatic ring is 2. The van der Waals surface area contributed by atoms with Gasteiger partial charge < -0.3 is 25.7 Å². The van der Waals surface area contributed by atoms with Crippen molar-refractivity contribution >= 4 is 17.3 Å². The van der Waals surface area contributed by atoms with Crippen LogP contribution in [0.5, 0.6) is 5.75 Å². The third-order valence-corrected chi connectivity index (χ3v) is 4.38. The zero-order valence-electron chi connectivity index (χ0n) is 14.6. The SMILES string of the molecule is Nc1cc(N)cc(C(=O)OC2CCC(OCOc3ccccc3)CC2)c1. The summed E-state index contributed by atoms with van der Waals surface area (Å²) >= 11 is 0. The van der Waals surface area contributed by atoms with E-state index in [1.807, 2.05) is 30.3 Å². The van der Waals surface area contributed by atoms with E-state index in [1.54, 1.807) is 18.2 Å². The Balaban J connectivity index is 1.40. The van der Waals surface area contributed by atoms with Crippen LogP contribution in [0.4, 0.5) is 11.4 Å². The molecule has 0 atom stereocenters. The van der Waals surface area contributed by atoms with Crippen molar-refractivity contribution < 1.29 is 19.0 Å². The van der Waals surface area contributed by atoms with Crippen molar-refractivity contribution in [1.29, 1.82) is 0 Å². The highest BCUT2D eigenvalue weighted by Gasteiger charge is 2.25. The molecule has 0 aliphatic heterocycles. The van der Waals surface area contributed by atoms with Crippen LogP contribution in [0.1, 0.15) is 36.0 Å². The van der Waals surface area contributed by atoms with Gasteiger partial charge in [0.15, 0.2) is 6.79 Å². The maximum absolute atomic E-state index is 12.2. The highest BCUT2D eigenvalue weighted by molar-refractivity contribution is 5.91. The van der Waals surface area contributed by atoms with E-state index < -0.39 is 0 Å². The second kappa shape index (κ2) is 8.58. The Morgan fingerprint density at radius 3 is 2.19 bits per heavy atom. The van der Waals surface area contributed by atoms with E-state index in [-0.39, 0.29) is 25.0 Å². The number of rotatable bonds is 6. The molecule has 3 rings (SSSR count). The van der Waals surface area contributed by atoms with Crippen LogP contribution in [0, 0.1) is 0 Å². The zero-order chi connectivity index (χ0) is 18.4. The number of ether oxygens (including phenoxy) is 3. The number of esters is 1. The van der Waals surface area contributed by atoms with Crippen molar-refractivity contribution in [3.8, 4) is 5.75 Å². The van der Waals surface area contributed by atoms with Crippen molar-refractivity contribution in [2.24, 2.45) is 0 Å². The molecule has 2 aromatic carbocycles. The first kappa shape index (κ1) is 18.1. The molecule has 1 fully saturated rings. The predicted molar refractivity (Wildman–Crippen MR) is 99.7 cm³/mol. The zero-order valence-corrected chi connectivity index (χ0v) is 14.6. The third-order valence-electron chi connectivity index (χ3n) is 4.38. The van der Waals surface area contributed by atoms with Gasteiger partial charge in [-0.05, 0) is 56.0 Å². The fraction of sp³-hybridized carbons (Fsp3) is 0.350. The fourth-order valence-electron chi connectivity index (χ4n) is 3.05. The summed E-state index contributed by atoms with van der Waals surface area (Å²) in [4.78, 5) is 12.2. The molecule has 0 amide bonds. The van der Waals surface area contributed by atoms with E-state index >= 15 is 0 Å². The Labute approximate surface area is 153 Å². The first-order valence-corrected chi connectivity index (χ1v) is 8.76. The average molecular weight is 356 g/mol. The first-order chi connectivity index (χ1) is 12.6. The van der Waals surface area contributed by atoms with E-state index in [4.69, 9.17) is 25.7 Å². The number of carbonyl (C=O) groups is 1. The summed E-state index contributed by atoms with van der Waals surface area (Å²) in [6.07, 6.45) is 3.19. The van der Waals surface area contributed by atoms with Crippen LogP contribution in [0.3, 0.4) is 0 Å². The lowest BCUT2D eigenvalue weighted by Crippen LogP contribution is -2.29. The van der Waals surface area contributed by atoms with Crippen LogP contribution in [0.15, 0.2) is 48.5 Å². The lowest BCUT2D eigenvalue weighted by atomic mass is 9.95. The van der Waals surface area contributed by atoms with Gasteiger partial charge in [-0.3, -0.25) is 0 Å². The van der Waals surface area contributed by atoms with Crippen LogP contribution >= 0.6 is 0 Å². The summed E-state index contributed by atoms with van der Waals surface area (Å²) in [6, 6.07) is 14.3. The Hall–Kier alpha value is -2.73. The second-order valence-corrected chi connectivity index (χ2v) is 6.43. The first-order valence-electron chi connectivity index (χ1n) is 8.76. The topological polar surface area (TPSA) is 96.8 Å². The highest BCUT2D eigenvalue weighted by atomic mass is 16.7. The molecule has 0 bridgehead atoms. The number of nitrogens with two attached hydrogens (primary N) is 2. The minimum absolute atomic E-state index is 0.111. The molecular formula is C20H24N2O4. The number of carbonyl (C=O) groups excluding carboxylic acids is 1. The van der Waals surface area contributed by atoms with Gasteiger partial charge >= 0.3 is 5.97 Å². The Bertz CT molecular complexity index is 708. The molecule has 0 radical (unpaired) electrons. The smallest absolute Gasteiger partial charge is 0.338 e. The van der Waals surface area contributed by atoms with Gasteiger partial charge in [0, 0.05) is 11.4 Å². The van der Waals surface area contributed by atoms with Crippen LogP contribution in [0.25, 0.3) is 0 Å². The molecule has 26 heavy (non-hydrogen) atoms. The quantitative estimate of drug-likeness (QED) is 0.468. The van der Waals surface area contributed by atoms with E-state index in [0.717, 1.165) is 31.4 Å². The van der Waals surface area contributed by atoms with Gasteiger partial charge in [-0.1, -0.05) is 18.2 Å². The van der Waals surface area contributed by atoms with Crippen molar-refractivity contribution in [3.05, 3.63) is 54.1 Å². The summed E-state index contributed by atoms with van der Waals surface area (Å²) in [6.45, 7) is 0.224. The number of benzene rings is 2. The standard InChI is InChI=1S/C20H24N2O4/c21-15-10-14(11-16(22)12-15)20(23)26-19-8-6-18(7-9-19)25-13-24-17-4-2-1-3-5-17/h1-5,10-12,18-19H,6-9,13,21-22H2. The molecule has 1 saturated carbocycles. The Kier molecular flexibility index (Phi) is 5.96. The van der Waals surface area contributed by atoms with Gasteiger partial charge in [-0.25, -0.2) is 4.79 Å². The molecule has 0 saturated heterocycles. The fourth-order valence-corrected chi connectivity index (χ4v) is 3.05. The maximum atomic E-state index is 12.2. The lowest BCUT2D eigenvalue weighted by molar-refractivity contribution is -0.0666. The van der Waals surface area contributed by atoms with Crippen molar-refractivity contribution in [1.82, 2.24) is 0 Å². The molecule has 0 unspecified atom stereocenters. The molecule has 0 heterocycles. The minimum Gasteiger partial charge on any atom is -0.468 e. The van der Waals surface area contributed by atoms with E-state index in [1.165, 1.54) is 0 Å². The van der Waals surface area contributed by atoms with E-state index in [2.05, 4.69) is 0 Å². The van der Waals surface area contributed by atoms with Gasteiger partial charge in [0.2, 0.25) is 0 Å². The second-order valence-electron chi connectivity index (χ2n) is 6.43. The largest absolute Gasteiger partial charge is 0.468 e. The monoisotopic (exact) mass is 356 g/mol. The van der Waals surface area contributed by atoms with Gasteiger partial charge in [-0.15, -0.1) is 0 Å². The Morgan fingerprint density at radius 2 is 1.54 bits per heavy atom. The number of anilines is 2. The van der Waals surface area contributed by atoms with Gasteiger partial charge in [0.1, 0.15) is 11.9 Å². The number of hydrogen-bond donors (Lipinski definition) is 2. The molecule has 1 aliphatic rings. The molecule has 4 N–H and O–H groups in total. The highest BCUT2D eigenvalue weighted by Crippen LogP contribution is 2.25. The van der Waals surface area contributed by atoms with E-state index in [0.29, 0.717) is 16.9 Å². The van der Waals surface area contributed by atoms with Crippen LogP contribution in [0.2, 0.25) is 0 Å². The normalized spacial score (nSPS) is 19.7. The van der Waals surface area contributed by atoms with Crippen LogP contribution < -0.4 is 16.2 Å². The van der Waals surface area contributed by atoms with Crippen molar-refractivity contribution in [3.63, 3.8) is 0 Å². The van der Waals surface area contributed by atoms with Crippen LogP contribution in [-0.2, 0) is 9.47 Å². The van der Waals surface area contributed by atoms with Gasteiger partial charge in [0.05, 0.1) is 11.7 Å². The molecule has 0 spiro atoms. The van der Waals surface area contributed by atoms with Gasteiger partial charge in [0.25, 0.3) is 0 Å². The molecule has 6 nitrogen and oxygen atoms in total. The summed E-state index contributed by atoms with van der Waals surface area (Å²) in [5.41, 5.74) is 12.7. The van der Waals surface area contributed by atoms with E-state index in [9.17, 15) is 4.79 Å². The van der Waals surface area contributed by atoms with Crippen molar-refractivity contribution in [2.45, 2.75) is 37.9 Å². The molecule has 2 aromatic rings. The van der Waals surface area contributed by atoms with Crippen LogP contribution in [-0.4, -0.2) is 25.0 Å². The molecule has 6 heteroatoms. The summed E-state index contributed by atoms with van der Waals surface area (Å²) in [5, 5.41) is 0. The predicted octanol–water partition coefficient (Wildman–Crippen LogP) is 3.37. The summed E-state index contributed by atoms with van der Waals surface area (Å²) in [5.74, 6) is 0.400. The average Bonchev–Trinajstić information content (AvgIpc) is 2.63. The maximum Gasteiger partial charge on any atom is 0.338 e. The molecular weight excluding hydrogens is 332 g/mol. The molecule has 138 valence electrons. The van der Waals surface area contributed by atoms with Crippen molar-refractivity contribution in [2.75, 3.05) is 18.3 Å². The lowest BCUT2D eigenvalue weighted by Gasteiger charge is -2.28.